The summed E-state index contributed by atoms with van der Waals surface area (Å²) in [6.45, 7) is 6.83. The second kappa shape index (κ2) is 4.24. The van der Waals surface area contributed by atoms with Gasteiger partial charge in [0.2, 0.25) is 5.91 Å². The number of rotatable bonds is 0. The van der Waals surface area contributed by atoms with Gasteiger partial charge in [-0.3, -0.25) is 9.59 Å². The predicted molar refractivity (Wildman–Crippen MR) is 66.3 cm³/mol. The molecule has 3 atom stereocenters. The average molecular weight is 246 g/mol. The van der Waals surface area contributed by atoms with E-state index in [9.17, 15) is 9.59 Å². The first-order chi connectivity index (χ1) is 8.39. The van der Waals surface area contributed by atoms with Crippen LogP contribution in [0.15, 0.2) is 11.6 Å². The van der Waals surface area contributed by atoms with Crippen molar-refractivity contribution in [3.8, 4) is 6.07 Å². The highest BCUT2D eigenvalue weighted by Gasteiger charge is 2.47. The van der Waals surface area contributed by atoms with E-state index in [-0.39, 0.29) is 34.5 Å². The Balaban J connectivity index is 2.39. The second-order valence-corrected chi connectivity index (χ2v) is 5.66. The molecule has 1 amide bonds. The van der Waals surface area contributed by atoms with Gasteiger partial charge in [0.05, 0.1) is 5.57 Å². The molecule has 1 aliphatic carbocycles. The molecule has 0 unspecified atom stereocenters. The van der Waals surface area contributed by atoms with Crippen LogP contribution in [-0.4, -0.2) is 29.7 Å². The lowest BCUT2D eigenvalue weighted by molar-refractivity contribution is -0.134. The van der Waals surface area contributed by atoms with E-state index in [0.29, 0.717) is 13.1 Å². The minimum atomic E-state index is -0.248. The number of carbonyl (C=O) groups is 2. The summed E-state index contributed by atoms with van der Waals surface area (Å²) in [4.78, 5) is 25.3. The van der Waals surface area contributed by atoms with Crippen LogP contribution in [-0.2, 0) is 9.59 Å². The molecular formula is C14H18N2O2. The fourth-order valence-corrected chi connectivity index (χ4v) is 3.39. The molecule has 0 bridgehead atoms. The molecule has 0 spiro atoms. The Morgan fingerprint density at radius 2 is 2.28 bits per heavy atom. The average Bonchev–Trinajstić information content (AvgIpc) is 2.33. The van der Waals surface area contributed by atoms with Crippen LogP contribution in [0.3, 0.4) is 0 Å². The molecule has 96 valence electrons. The van der Waals surface area contributed by atoms with Crippen molar-refractivity contribution in [2.75, 3.05) is 13.1 Å². The predicted octanol–water partition coefficient (Wildman–Crippen LogP) is 1.53. The van der Waals surface area contributed by atoms with Crippen LogP contribution in [0, 0.1) is 28.6 Å². The zero-order chi connectivity index (χ0) is 13.5. The van der Waals surface area contributed by atoms with Gasteiger partial charge < -0.3 is 4.90 Å². The van der Waals surface area contributed by atoms with Gasteiger partial charge in [0.15, 0.2) is 5.78 Å². The number of hydrogen-bond donors (Lipinski definition) is 0. The first kappa shape index (κ1) is 12.8. The Kier molecular flexibility index (Phi) is 3.02. The lowest BCUT2D eigenvalue weighted by Gasteiger charge is -2.48. The van der Waals surface area contributed by atoms with Crippen molar-refractivity contribution in [2.45, 2.75) is 27.2 Å². The van der Waals surface area contributed by atoms with Crippen molar-refractivity contribution in [3.05, 3.63) is 11.6 Å². The number of hydrogen-bond acceptors (Lipinski definition) is 3. The highest BCUT2D eigenvalue weighted by atomic mass is 16.2. The lowest BCUT2D eigenvalue weighted by atomic mass is 9.61. The molecule has 1 aliphatic heterocycles. The summed E-state index contributed by atoms with van der Waals surface area (Å²) in [5.41, 5.74) is 0.00845. The number of piperidine rings is 1. The fourth-order valence-electron chi connectivity index (χ4n) is 3.39. The standard InChI is InChI=1S/C14H18N2O2/c1-9-12-4-5-16(10(2)17)8-14(12,3)6-11(7-15)13(9)18/h6,9,12H,4-5,8H2,1-3H3/t9-,12-,14+/m0/s1. The summed E-state index contributed by atoms with van der Waals surface area (Å²) in [5, 5.41) is 9.04. The lowest BCUT2D eigenvalue weighted by Crippen LogP contribution is -2.52. The number of allylic oxidation sites excluding steroid dienone is 1. The van der Waals surface area contributed by atoms with Crippen molar-refractivity contribution >= 4 is 11.7 Å². The van der Waals surface area contributed by atoms with Crippen LogP contribution in [0.1, 0.15) is 27.2 Å². The topological polar surface area (TPSA) is 61.2 Å². The van der Waals surface area contributed by atoms with Gasteiger partial charge in [-0.15, -0.1) is 0 Å². The highest BCUT2D eigenvalue weighted by Crippen LogP contribution is 2.45. The van der Waals surface area contributed by atoms with Gasteiger partial charge in [0.25, 0.3) is 0 Å². The molecule has 1 fully saturated rings. The summed E-state index contributed by atoms with van der Waals surface area (Å²) in [6.07, 6.45) is 2.62. The Hall–Kier alpha value is -1.63. The van der Waals surface area contributed by atoms with E-state index < -0.39 is 0 Å². The molecule has 0 aromatic rings. The summed E-state index contributed by atoms with van der Waals surface area (Å²) in [5.74, 6) is 0.129. The van der Waals surface area contributed by atoms with Crippen LogP contribution in [0.2, 0.25) is 0 Å². The number of amides is 1. The van der Waals surface area contributed by atoms with Crippen molar-refractivity contribution in [1.29, 1.82) is 5.26 Å². The molecule has 4 nitrogen and oxygen atoms in total. The quantitative estimate of drug-likeness (QED) is 0.651. The molecule has 18 heavy (non-hydrogen) atoms. The zero-order valence-electron chi connectivity index (χ0n) is 11.1. The van der Waals surface area contributed by atoms with Crippen LogP contribution < -0.4 is 0 Å². The number of nitrogens with zero attached hydrogens (tertiary/aromatic N) is 2. The SMILES string of the molecule is CC(=O)N1CC[C@H]2[C@H](C)C(=O)C(C#N)=C[C@]2(C)C1. The van der Waals surface area contributed by atoms with Crippen molar-refractivity contribution in [1.82, 2.24) is 4.90 Å². The molecule has 0 N–H and O–H groups in total. The van der Waals surface area contributed by atoms with Gasteiger partial charge in [-0.25, -0.2) is 0 Å². The number of Topliss-reactive ketones (excluding diaryl/α,β-unsaturated/α-hetero) is 1. The Morgan fingerprint density at radius 1 is 1.61 bits per heavy atom. The van der Waals surface area contributed by atoms with Crippen molar-refractivity contribution in [2.24, 2.45) is 17.3 Å². The van der Waals surface area contributed by atoms with Gasteiger partial charge in [0.1, 0.15) is 6.07 Å². The summed E-state index contributed by atoms with van der Waals surface area (Å²) < 4.78 is 0. The largest absolute Gasteiger partial charge is 0.342 e. The maximum absolute atomic E-state index is 12.0. The molecule has 4 heteroatoms. The van der Waals surface area contributed by atoms with E-state index in [1.165, 1.54) is 0 Å². The monoisotopic (exact) mass is 246 g/mol. The molecule has 0 aromatic carbocycles. The van der Waals surface area contributed by atoms with E-state index in [1.807, 2.05) is 24.8 Å². The minimum Gasteiger partial charge on any atom is -0.342 e. The van der Waals surface area contributed by atoms with Crippen LogP contribution >= 0.6 is 0 Å². The van der Waals surface area contributed by atoms with Gasteiger partial charge in [-0.2, -0.15) is 5.26 Å². The maximum Gasteiger partial charge on any atom is 0.219 e. The summed E-state index contributed by atoms with van der Waals surface area (Å²) in [7, 11) is 0. The molecule has 0 saturated carbocycles. The van der Waals surface area contributed by atoms with E-state index in [1.54, 1.807) is 13.0 Å². The summed E-state index contributed by atoms with van der Waals surface area (Å²) in [6, 6.07) is 1.99. The van der Waals surface area contributed by atoms with Crippen molar-refractivity contribution in [3.63, 3.8) is 0 Å². The second-order valence-electron chi connectivity index (χ2n) is 5.66. The van der Waals surface area contributed by atoms with E-state index >= 15 is 0 Å². The van der Waals surface area contributed by atoms with Gasteiger partial charge in [-0.05, 0) is 12.3 Å². The van der Waals surface area contributed by atoms with E-state index in [4.69, 9.17) is 5.26 Å². The van der Waals surface area contributed by atoms with Crippen molar-refractivity contribution < 1.29 is 9.59 Å². The molecule has 2 aliphatic rings. The van der Waals surface area contributed by atoms with Crippen LogP contribution in [0.4, 0.5) is 0 Å². The van der Waals surface area contributed by atoms with Gasteiger partial charge in [-0.1, -0.05) is 19.9 Å². The molecule has 0 aromatic heterocycles. The van der Waals surface area contributed by atoms with E-state index in [0.717, 1.165) is 6.42 Å². The first-order valence-electron chi connectivity index (χ1n) is 6.32. The molecule has 1 saturated heterocycles. The van der Waals surface area contributed by atoms with Gasteiger partial charge >= 0.3 is 0 Å². The Morgan fingerprint density at radius 3 is 2.83 bits per heavy atom. The Labute approximate surface area is 107 Å². The fraction of sp³-hybridized carbons (Fsp3) is 0.643. The third kappa shape index (κ3) is 1.84. The maximum atomic E-state index is 12.0. The number of ketones is 1. The molecular weight excluding hydrogens is 228 g/mol. The normalized spacial score (nSPS) is 35.6. The van der Waals surface area contributed by atoms with Gasteiger partial charge in [0, 0.05) is 31.3 Å². The summed E-state index contributed by atoms with van der Waals surface area (Å²) >= 11 is 0. The van der Waals surface area contributed by atoms with Crippen LogP contribution in [0.5, 0.6) is 0 Å². The number of nitriles is 1. The number of carbonyl (C=O) groups excluding carboxylic acids is 2. The molecule has 1 heterocycles. The third-order valence-electron chi connectivity index (χ3n) is 4.41. The highest BCUT2D eigenvalue weighted by molar-refractivity contribution is 6.01. The number of likely N-dealkylation sites (tertiary alicyclic amines) is 1. The Bertz CT molecular complexity index is 475. The first-order valence-corrected chi connectivity index (χ1v) is 6.32. The number of fused-ring (bicyclic) bond motifs is 1. The molecule has 0 radical (unpaired) electrons. The minimum absolute atomic E-state index is 0.0451. The van der Waals surface area contributed by atoms with Crippen LogP contribution in [0.25, 0.3) is 0 Å². The zero-order valence-corrected chi connectivity index (χ0v) is 11.1. The smallest absolute Gasteiger partial charge is 0.219 e. The third-order valence-corrected chi connectivity index (χ3v) is 4.41. The van der Waals surface area contributed by atoms with E-state index in [2.05, 4.69) is 0 Å². The molecule has 2 rings (SSSR count).